The number of carbonyl (C=O) groups excluding carboxylic acids is 1. The maximum atomic E-state index is 13.2. The fraction of sp³-hybridized carbons (Fsp3) is 0.263. The average molecular weight is 412 g/mol. The first-order valence-corrected chi connectivity index (χ1v) is 8.84. The normalized spacial score (nSPS) is 11.6. The zero-order valence-corrected chi connectivity index (χ0v) is 15.9. The van der Waals surface area contributed by atoms with E-state index in [9.17, 15) is 18.0 Å². The summed E-state index contributed by atoms with van der Waals surface area (Å²) < 4.78 is 45.8. The van der Waals surface area contributed by atoms with Crippen LogP contribution in [0.25, 0.3) is 16.9 Å². The van der Waals surface area contributed by atoms with Crippen molar-refractivity contribution in [3.05, 3.63) is 52.7 Å². The highest BCUT2D eigenvalue weighted by molar-refractivity contribution is 6.33. The lowest BCUT2D eigenvalue weighted by Crippen LogP contribution is -2.18. The van der Waals surface area contributed by atoms with Gasteiger partial charge in [-0.1, -0.05) is 35.9 Å². The first-order valence-electron chi connectivity index (χ1n) is 8.46. The number of benzene rings is 1. The molecule has 5 nitrogen and oxygen atoms in total. The molecule has 1 aromatic carbocycles. The quantitative estimate of drug-likeness (QED) is 0.603. The lowest BCUT2D eigenvalue weighted by atomic mass is 10.1. The van der Waals surface area contributed by atoms with Gasteiger partial charge in [0.2, 0.25) is 0 Å². The number of esters is 1. The molecule has 0 amide bonds. The average Bonchev–Trinajstić information content (AvgIpc) is 2.99. The van der Waals surface area contributed by atoms with Crippen molar-refractivity contribution in [3.63, 3.8) is 0 Å². The molecule has 0 saturated heterocycles. The number of imidazole rings is 1. The Kier molecular flexibility index (Phi) is 5.51. The van der Waals surface area contributed by atoms with Crippen LogP contribution in [0.5, 0.6) is 0 Å². The molecule has 0 aliphatic rings. The van der Waals surface area contributed by atoms with E-state index in [0.717, 1.165) is 17.8 Å². The highest BCUT2D eigenvalue weighted by Gasteiger charge is 2.32. The molecule has 0 aliphatic carbocycles. The maximum Gasteiger partial charge on any atom is 0.417 e. The minimum atomic E-state index is -4.58. The van der Waals surface area contributed by atoms with Crippen LogP contribution in [0.4, 0.5) is 19.0 Å². The van der Waals surface area contributed by atoms with E-state index < -0.39 is 17.7 Å². The number of anilines is 1. The van der Waals surface area contributed by atoms with Gasteiger partial charge in [0.05, 0.1) is 17.2 Å². The number of hydrogen-bond acceptors (Lipinski definition) is 4. The molecular weight excluding hydrogens is 395 g/mol. The SMILES string of the molecule is CCOC(=O)CNc1c(-c2ccccc2C)nc2c(Cl)cc(C(F)(F)F)cn12. The molecule has 28 heavy (non-hydrogen) atoms. The molecule has 0 radical (unpaired) electrons. The Hall–Kier alpha value is -2.74. The molecule has 0 atom stereocenters. The van der Waals surface area contributed by atoms with E-state index in [0.29, 0.717) is 11.3 Å². The summed E-state index contributed by atoms with van der Waals surface area (Å²) in [4.78, 5) is 16.2. The van der Waals surface area contributed by atoms with Crippen molar-refractivity contribution in [2.45, 2.75) is 20.0 Å². The molecule has 0 spiro atoms. The van der Waals surface area contributed by atoms with Crippen LogP contribution in [0.2, 0.25) is 5.02 Å². The molecule has 9 heteroatoms. The molecule has 148 valence electrons. The van der Waals surface area contributed by atoms with Crippen LogP contribution < -0.4 is 5.32 Å². The molecule has 0 fully saturated rings. The van der Waals surface area contributed by atoms with Crippen molar-refractivity contribution in [1.29, 1.82) is 0 Å². The smallest absolute Gasteiger partial charge is 0.417 e. The van der Waals surface area contributed by atoms with Gasteiger partial charge in [0, 0.05) is 11.8 Å². The summed E-state index contributed by atoms with van der Waals surface area (Å²) in [5.74, 6) is -0.309. The van der Waals surface area contributed by atoms with Crippen LogP contribution in [0.1, 0.15) is 18.1 Å². The first-order chi connectivity index (χ1) is 13.2. The molecule has 3 rings (SSSR count). The van der Waals surface area contributed by atoms with Crippen molar-refractivity contribution in [1.82, 2.24) is 9.38 Å². The number of pyridine rings is 1. The second-order valence-electron chi connectivity index (χ2n) is 6.05. The van der Waals surface area contributed by atoms with Gasteiger partial charge in [-0.3, -0.25) is 9.20 Å². The van der Waals surface area contributed by atoms with Crippen LogP contribution in [-0.4, -0.2) is 28.5 Å². The maximum absolute atomic E-state index is 13.2. The second-order valence-corrected chi connectivity index (χ2v) is 6.46. The summed E-state index contributed by atoms with van der Waals surface area (Å²) in [6.07, 6.45) is -3.67. The van der Waals surface area contributed by atoms with Gasteiger partial charge >= 0.3 is 12.1 Å². The van der Waals surface area contributed by atoms with Gasteiger partial charge in [0.15, 0.2) is 5.65 Å². The van der Waals surface area contributed by atoms with Gasteiger partial charge in [-0.25, -0.2) is 4.98 Å². The Balaban J connectivity index is 2.21. The topological polar surface area (TPSA) is 55.6 Å². The third-order valence-corrected chi connectivity index (χ3v) is 4.39. The van der Waals surface area contributed by atoms with Crippen LogP contribution >= 0.6 is 11.6 Å². The van der Waals surface area contributed by atoms with E-state index in [4.69, 9.17) is 16.3 Å². The molecule has 0 aliphatic heterocycles. The number of hydrogen-bond donors (Lipinski definition) is 1. The Bertz CT molecular complexity index is 1030. The van der Waals surface area contributed by atoms with Gasteiger partial charge < -0.3 is 10.1 Å². The van der Waals surface area contributed by atoms with E-state index >= 15 is 0 Å². The van der Waals surface area contributed by atoms with E-state index in [1.165, 1.54) is 4.40 Å². The molecule has 2 heterocycles. The largest absolute Gasteiger partial charge is 0.465 e. The Labute approximate surface area is 164 Å². The Morgan fingerprint density at radius 2 is 2.04 bits per heavy atom. The molecule has 3 aromatic rings. The minimum Gasteiger partial charge on any atom is -0.465 e. The first kappa shape index (κ1) is 20.0. The van der Waals surface area contributed by atoms with E-state index in [-0.39, 0.29) is 29.6 Å². The van der Waals surface area contributed by atoms with Gasteiger partial charge in [-0.2, -0.15) is 13.2 Å². The number of aromatic nitrogens is 2. The number of nitrogens with zero attached hydrogens (tertiary/aromatic N) is 2. The summed E-state index contributed by atoms with van der Waals surface area (Å²) in [5, 5.41) is 2.71. The predicted octanol–water partition coefficient (Wildman–Crippen LogP) is 4.96. The zero-order chi connectivity index (χ0) is 20.5. The summed E-state index contributed by atoms with van der Waals surface area (Å²) in [5.41, 5.74) is 1.21. The Morgan fingerprint density at radius 3 is 2.68 bits per heavy atom. The predicted molar refractivity (Wildman–Crippen MR) is 100 cm³/mol. The van der Waals surface area contributed by atoms with Crippen LogP contribution in [0.15, 0.2) is 36.5 Å². The third kappa shape index (κ3) is 3.91. The molecule has 2 aromatic heterocycles. The van der Waals surface area contributed by atoms with E-state index in [1.807, 2.05) is 19.1 Å². The molecule has 0 unspecified atom stereocenters. The highest BCUT2D eigenvalue weighted by atomic mass is 35.5. The van der Waals surface area contributed by atoms with Crippen LogP contribution in [-0.2, 0) is 15.7 Å². The van der Waals surface area contributed by atoms with E-state index in [1.54, 1.807) is 19.1 Å². The molecule has 0 bridgehead atoms. The fourth-order valence-electron chi connectivity index (χ4n) is 2.82. The summed E-state index contributed by atoms with van der Waals surface area (Å²) in [6, 6.07) is 8.13. The van der Waals surface area contributed by atoms with Crippen molar-refractivity contribution >= 4 is 29.0 Å². The van der Waals surface area contributed by atoms with Crippen molar-refractivity contribution in [2.24, 2.45) is 0 Å². The molecule has 0 saturated carbocycles. The summed E-state index contributed by atoms with van der Waals surface area (Å²) >= 11 is 6.09. The lowest BCUT2D eigenvalue weighted by Gasteiger charge is -2.12. The van der Waals surface area contributed by atoms with Gasteiger partial charge in [0.25, 0.3) is 0 Å². The van der Waals surface area contributed by atoms with Crippen molar-refractivity contribution in [2.75, 3.05) is 18.5 Å². The highest BCUT2D eigenvalue weighted by Crippen LogP contribution is 2.37. The number of nitrogens with one attached hydrogen (secondary N) is 1. The third-order valence-electron chi connectivity index (χ3n) is 4.11. The number of ether oxygens (including phenoxy) is 1. The van der Waals surface area contributed by atoms with Gasteiger partial charge in [-0.05, 0) is 25.5 Å². The van der Waals surface area contributed by atoms with Gasteiger partial charge in [-0.15, -0.1) is 0 Å². The number of alkyl halides is 3. The summed E-state index contributed by atoms with van der Waals surface area (Å²) in [7, 11) is 0. The second kappa shape index (κ2) is 7.71. The number of carbonyl (C=O) groups is 1. The van der Waals surface area contributed by atoms with Crippen LogP contribution in [0, 0.1) is 6.92 Å². The minimum absolute atomic E-state index is 0.145. The Morgan fingerprint density at radius 1 is 1.32 bits per heavy atom. The number of halogens is 4. The number of rotatable bonds is 5. The lowest BCUT2D eigenvalue weighted by molar-refractivity contribution is -0.141. The van der Waals surface area contributed by atoms with Crippen molar-refractivity contribution in [3.8, 4) is 11.3 Å². The van der Waals surface area contributed by atoms with Crippen molar-refractivity contribution < 1.29 is 22.7 Å². The fourth-order valence-corrected chi connectivity index (χ4v) is 3.07. The number of aryl methyl sites for hydroxylation is 1. The summed E-state index contributed by atoms with van der Waals surface area (Å²) in [6.45, 7) is 3.49. The molecular formula is C19H17ClF3N3O2. The molecule has 1 N–H and O–H groups in total. The zero-order valence-electron chi connectivity index (χ0n) is 15.1. The monoisotopic (exact) mass is 411 g/mol. The van der Waals surface area contributed by atoms with Gasteiger partial charge in [0.1, 0.15) is 18.1 Å². The van der Waals surface area contributed by atoms with E-state index in [2.05, 4.69) is 10.3 Å². The standard InChI is InChI=1S/C19H17ClF3N3O2/c1-3-28-15(27)9-24-18-16(13-7-5-4-6-11(13)2)25-17-14(20)8-12(10-26(17)18)19(21,22)23/h4-8,10,24H,3,9H2,1-2H3. The number of fused-ring (bicyclic) bond motifs is 1. The van der Waals surface area contributed by atoms with Crippen LogP contribution in [0.3, 0.4) is 0 Å².